The maximum atomic E-state index is 13.2. The Bertz CT molecular complexity index is 939. The van der Waals surface area contributed by atoms with E-state index in [9.17, 15) is 4.79 Å². The molecule has 0 aliphatic carbocycles. The number of pyridine rings is 1. The van der Waals surface area contributed by atoms with E-state index in [1.54, 1.807) is 12.5 Å². The number of fused-ring (bicyclic) bond motifs is 1. The van der Waals surface area contributed by atoms with Crippen molar-refractivity contribution in [2.75, 3.05) is 19.6 Å². The van der Waals surface area contributed by atoms with Gasteiger partial charge in [-0.05, 0) is 50.9 Å². The van der Waals surface area contributed by atoms with Crippen LogP contribution in [-0.4, -0.2) is 45.2 Å². The molecule has 3 aromatic heterocycles. The van der Waals surface area contributed by atoms with E-state index in [1.165, 1.54) is 0 Å². The average Bonchev–Trinajstić information content (AvgIpc) is 3.39. The van der Waals surface area contributed by atoms with Crippen LogP contribution in [0.3, 0.4) is 0 Å². The Morgan fingerprint density at radius 2 is 2.18 bits per heavy atom. The number of furan rings is 1. The first-order valence-corrected chi connectivity index (χ1v) is 9.00. The molecule has 7 nitrogen and oxygen atoms in total. The molecule has 9 heteroatoms. The molecule has 0 saturated carbocycles. The lowest BCUT2D eigenvalue weighted by atomic mass is 10.1. The second kappa shape index (κ2) is 8.94. The molecule has 1 aliphatic rings. The molecule has 1 unspecified atom stereocenters. The first-order valence-electron chi connectivity index (χ1n) is 9.00. The number of carbonyl (C=O) groups is 1. The molecule has 152 valence electrons. The topological polar surface area (TPSA) is 90.2 Å². The van der Waals surface area contributed by atoms with Gasteiger partial charge in [-0.15, -0.1) is 24.8 Å². The van der Waals surface area contributed by atoms with Gasteiger partial charge in [0.15, 0.2) is 11.4 Å². The van der Waals surface area contributed by atoms with Crippen LogP contribution in [0.15, 0.2) is 35.1 Å². The summed E-state index contributed by atoms with van der Waals surface area (Å²) < 4.78 is 7.34. The van der Waals surface area contributed by atoms with Crippen LogP contribution in [0.5, 0.6) is 0 Å². The van der Waals surface area contributed by atoms with Crippen molar-refractivity contribution in [3.05, 3.63) is 36.2 Å². The van der Waals surface area contributed by atoms with E-state index >= 15 is 0 Å². The predicted octanol–water partition coefficient (Wildman–Crippen LogP) is 3.54. The SMILES string of the molecule is CC(C)n1ncc2c(C(=O)N3CCC(CN)C3)cc(-c3ccco3)nc21.Cl.Cl. The zero-order valence-electron chi connectivity index (χ0n) is 15.9. The Kier molecular flexibility index (Phi) is 7.09. The highest BCUT2D eigenvalue weighted by Crippen LogP contribution is 2.28. The highest BCUT2D eigenvalue weighted by Gasteiger charge is 2.28. The lowest BCUT2D eigenvalue weighted by molar-refractivity contribution is 0.0789. The highest BCUT2D eigenvalue weighted by atomic mass is 35.5. The third kappa shape index (κ3) is 3.87. The van der Waals surface area contributed by atoms with Gasteiger partial charge < -0.3 is 15.1 Å². The molecule has 28 heavy (non-hydrogen) atoms. The molecule has 1 saturated heterocycles. The Balaban J connectivity index is 0.00000140. The van der Waals surface area contributed by atoms with Gasteiger partial charge in [-0.25, -0.2) is 9.67 Å². The van der Waals surface area contributed by atoms with E-state index in [4.69, 9.17) is 15.1 Å². The normalized spacial score (nSPS) is 16.3. The van der Waals surface area contributed by atoms with Crippen molar-refractivity contribution in [3.8, 4) is 11.5 Å². The molecule has 1 atom stereocenters. The minimum atomic E-state index is 0. The Morgan fingerprint density at radius 1 is 1.39 bits per heavy atom. The van der Waals surface area contributed by atoms with E-state index in [0.29, 0.717) is 41.7 Å². The Labute approximate surface area is 176 Å². The Hall–Kier alpha value is -2.09. The fraction of sp³-hybridized carbons (Fsp3) is 0.421. The fourth-order valence-electron chi connectivity index (χ4n) is 3.50. The third-order valence-electron chi connectivity index (χ3n) is 4.97. The number of aromatic nitrogens is 3. The molecule has 1 amide bonds. The van der Waals surface area contributed by atoms with Crippen molar-refractivity contribution in [2.45, 2.75) is 26.3 Å². The van der Waals surface area contributed by atoms with Crippen LogP contribution in [0.1, 0.15) is 36.7 Å². The lowest BCUT2D eigenvalue weighted by Gasteiger charge is -2.17. The maximum Gasteiger partial charge on any atom is 0.254 e. The number of nitrogens with zero attached hydrogens (tertiary/aromatic N) is 4. The number of amides is 1. The van der Waals surface area contributed by atoms with Crippen molar-refractivity contribution < 1.29 is 9.21 Å². The molecule has 1 fully saturated rings. The molecule has 0 aromatic carbocycles. The molecule has 0 radical (unpaired) electrons. The van der Waals surface area contributed by atoms with Gasteiger partial charge in [0.1, 0.15) is 5.69 Å². The van der Waals surface area contributed by atoms with Crippen molar-refractivity contribution in [1.29, 1.82) is 0 Å². The van der Waals surface area contributed by atoms with Crippen LogP contribution in [-0.2, 0) is 0 Å². The van der Waals surface area contributed by atoms with Gasteiger partial charge >= 0.3 is 0 Å². The summed E-state index contributed by atoms with van der Waals surface area (Å²) in [4.78, 5) is 19.8. The quantitative estimate of drug-likeness (QED) is 0.689. The van der Waals surface area contributed by atoms with Crippen molar-refractivity contribution >= 4 is 41.8 Å². The number of hydrogen-bond acceptors (Lipinski definition) is 5. The molecule has 0 spiro atoms. The number of likely N-dealkylation sites (tertiary alicyclic amines) is 1. The van der Waals surface area contributed by atoms with Crippen molar-refractivity contribution in [1.82, 2.24) is 19.7 Å². The molecule has 3 aromatic rings. The predicted molar refractivity (Wildman–Crippen MR) is 113 cm³/mol. The summed E-state index contributed by atoms with van der Waals surface area (Å²) in [5, 5.41) is 5.22. The van der Waals surface area contributed by atoms with Gasteiger partial charge in [0.2, 0.25) is 0 Å². The second-order valence-electron chi connectivity index (χ2n) is 7.09. The number of nitrogens with two attached hydrogens (primary N) is 1. The van der Waals surface area contributed by atoms with E-state index in [0.717, 1.165) is 18.4 Å². The molecule has 1 aliphatic heterocycles. The standard InChI is InChI=1S/C19H23N5O2.2ClH/c1-12(2)24-18-15(10-21-24)14(8-16(22-18)17-4-3-7-26-17)19(25)23-6-5-13(9-20)11-23;;/h3-4,7-8,10,12-13H,5-6,9,11,20H2,1-2H3;2*1H. The maximum absolute atomic E-state index is 13.2. The number of rotatable bonds is 4. The minimum Gasteiger partial charge on any atom is -0.463 e. The molecule has 0 bridgehead atoms. The van der Waals surface area contributed by atoms with Crippen molar-refractivity contribution in [2.24, 2.45) is 11.7 Å². The lowest BCUT2D eigenvalue weighted by Crippen LogP contribution is -2.30. The third-order valence-corrected chi connectivity index (χ3v) is 4.97. The van der Waals surface area contributed by atoms with Crippen LogP contribution >= 0.6 is 24.8 Å². The summed E-state index contributed by atoms with van der Waals surface area (Å²) in [6.45, 7) is 6.13. The van der Waals surface area contributed by atoms with E-state index in [1.807, 2.05) is 41.6 Å². The van der Waals surface area contributed by atoms with Crippen LogP contribution in [0.4, 0.5) is 0 Å². The molecule has 2 N–H and O–H groups in total. The summed E-state index contributed by atoms with van der Waals surface area (Å²) in [6, 6.07) is 5.61. The summed E-state index contributed by atoms with van der Waals surface area (Å²) in [7, 11) is 0. The largest absolute Gasteiger partial charge is 0.463 e. The molecular formula is C19H25Cl2N5O2. The smallest absolute Gasteiger partial charge is 0.254 e. The van der Waals surface area contributed by atoms with Gasteiger partial charge in [-0.3, -0.25) is 4.79 Å². The number of hydrogen-bond donors (Lipinski definition) is 1. The van der Waals surface area contributed by atoms with E-state index in [-0.39, 0.29) is 36.8 Å². The Morgan fingerprint density at radius 3 is 2.79 bits per heavy atom. The summed E-state index contributed by atoms with van der Waals surface area (Å²) in [6.07, 6.45) is 4.29. The van der Waals surface area contributed by atoms with Crippen LogP contribution in [0, 0.1) is 5.92 Å². The van der Waals surface area contributed by atoms with Gasteiger partial charge in [-0.2, -0.15) is 5.10 Å². The molecule has 4 rings (SSSR count). The van der Waals surface area contributed by atoms with Gasteiger partial charge in [0.05, 0.1) is 23.4 Å². The average molecular weight is 426 g/mol. The van der Waals surface area contributed by atoms with Crippen molar-refractivity contribution in [3.63, 3.8) is 0 Å². The monoisotopic (exact) mass is 425 g/mol. The van der Waals surface area contributed by atoms with Gasteiger partial charge in [0, 0.05) is 19.1 Å². The number of halogens is 2. The highest BCUT2D eigenvalue weighted by molar-refractivity contribution is 6.06. The van der Waals surface area contributed by atoms with E-state index in [2.05, 4.69) is 5.10 Å². The zero-order valence-corrected chi connectivity index (χ0v) is 17.5. The van der Waals surface area contributed by atoms with E-state index < -0.39 is 0 Å². The molecular weight excluding hydrogens is 401 g/mol. The van der Waals surface area contributed by atoms with Crippen LogP contribution in [0.2, 0.25) is 0 Å². The van der Waals surface area contributed by atoms with Gasteiger partial charge in [0.25, 0.3) is 5.91 Å². The zero-order chi connectivity index (χ0) is 18.3. The summed E-state index contributed by atoms with van der Waals surface area (Å²) in [5.41, 5.74) is 7.74. The number of carbonyl (C=O) groups excluding carboxylic acids is 1. The van der Waals surface area contributed by atoms with Gasteiger partial charge in [-0.1, -0.05) is 0 Å². The first kappa shape index (κ1) is 22.2. The summed E-state index contributed by atoms with van der Waals surface area (Å²) in [5.74, 6) is 1.02. The molecule has 4 heterocycles. The second-order valence-corrected chi connectivity index (χ2v) is 7.09. The van der Waals surface area contributed by atoms with Crippen LogP contribution in [0.25, 0.3) is 22.5 Å². The first-order chi connectivity index (χ1) is 12.6. The minimum absolute atomic E-state index is 0. The fourth-order valence-corrected chi connectivity index (χ4v) is 3.50. The summed E-state index contributed by atoms with van der Waals surface area (Å²) >= 11 is 0. The van der Waals surface area contributed by atoms with Crippen LogP contribution < -0.4 is 5.73 Å².